The van der Waals surface area contributed by atoms with Gasteiger partial charge in [-0.2, -0.15) is 0 Å². The third kappa shape index (κ3) is 2.36. The number of carboxylic acid groups (broad SMARTS) is 1. The standard InChI is InChI=1S/C9H9ClO3/c1-5-2-6(4-8(11)12)9(13)7(10)3-5/h2-3,13H,4H2,1H3,(H,11,12). The molecule has 0 aliphatic heterocycles. The van der Waals surface area contributed by atoms with Gasteiger partial charge in [-0.05, 0) is 18.6 Å². The molecule has 0 atom stereocenters. The summed E-state index contributed by atoms with van der Waals surface area (Å²) in [6, 6.07) is 3.19. The monoisotopic (exact) mass is 200 g/mol. The van der Waals surface area contributed by atoms with Crippen LogP contribution in [0.1, 0.15) is 11.1 Å². The number of aromatic hydroxyl groups is 1. The van der Waals surface area contributed by atoms with Gasteiger partial charge in [0.15, 0.2) is 0 Å². The molecule has 4 heteroatoms. The van der Waals surface area contributed by atoms with Gasteiger partial charge >= 0.3 is 5.97 Å². The predicted molar refractivity (Wildman–Crippen MR) is 49.2 cm³/mol. The van der Waals surface area contributed by atoms with Crippen LogP contribution in [0.2, 0.25) is 5.02 Å². The van der Waals surface area contributed by atoms with E-state index in [1.165, 1.54) is 0 Å². The number of hydrogen-bond acceptors (Lipinski definition) is 2. The van der Waals surface area contributed by atoms with Gasteiger partial charge in [0.25, 0.3) is 0 Å². The fourth-order valence-electron chi connectivity index (χ4n) is 1.10. The van der Waals surface area contributed by atoms with Crippen molar-refractivity contribution in [2.75, 3.05) is 0 Å². The zero-order valence-corrected chi connectivity index (χ0v) is 7.80. The van der Waals surface area contributed by atoms with Crippen LogP contribution in [0.25, 0.3) is 0 Å². The first-order valence-electron chi connectivity index (χ1n) is 3.70. The first-order chi connectivity index (χ1) is 6.00. The van der Waals surface area contributed by atoms with Gasteiger partial charge in [-0.25, -0.2) is 0 Å². The van der Waals surface area contributed by atoms with E-state index in [9.17, 15) is 9.90 Å². The topological polar surface area (TPSA) is 57.5 Å². The van der Waals surface area contributed by atoms with E-state index in [0.29, 0.717) is 5.56 Å². The molecule has 0 aliphatic rings. The highest BCUT2D eigenvalue weighted by atomic mass is 35.5. The number of phenols is 1. The summed E-state index contributed by atoms with van der Waals surface area (Å²) in [5.41, 5.74) is 1.18. The van der Waals surface area contributed by atoms with Crippen molar-refractivity contribution in [2.24, 2.45) is 0 Å². The van der Waals surface area contributed by atoms with Crippen LogP contribution in [0.4, 0.5) is 0 Å². The Morgan fingerprint density at radius 2 is 2.15 bits per heavy atom. The summed E-state index contributed by atoms with van der Waals surface area (Å²) in [6.45, 7) is 1.79. The van der Waals surface area contributed by atoms with Gasteiger partial charge in [0.05, 0.1) is 11.4 Å². The van der Waals surface area contributed by atoms with E-state index in [1.807, 2.05) is 0 Å². The Labute approximate surface area is 80.6 Å². The molecule has 0 radical (unpaired) electrons. The fourth-order valence-corrected chi connectivity index (χ4v) is 1.40. The van der Waals surface area contributed by atoms with Crippen LogP contribution in [0.3, 0.4) is 0 Å². The minimum atomic E-state index is -0.989. The van der Waals surface area contributed by atoms with Crippen LogP contribution >= 0.6 is 11.6 Å². The van der Waals surface area contributed by atoms with Gasteiger partial charge in [0.2, 0.25) is 0 Å². The number of carboxylic acids is 1. The van der Waals surface area contributed by atoms with E-state index in [4.69, 9.17) is 16.7 Å². The van der Waals surface area contributed by atoms with E-state index in [1.54, 1.807) is 19.1 Å². The Balaban J connectivity index is 3.12. The van der Waals surface area contributed by atoms with Crippen molar-refractivity contribution in [3.05, 3.63) is 28.3 Å². The van der Waals surface area contributed by atoms with E-state index < -0.39 is 5.97 Å². The molecule has 1 aromatic rings. The van der Waals surface area contributed by atoms with E-state index in [0.717, 1.165) is 5.56 Å². The van der Waals surface area contributed by atoms with Crippen molar-refractivity contribution in [1.82, 2.24) is 0 Å². The summed E-state index contributed by atoms with van der Waals surface area (Å²) in [6.07, 6.45) is -0.215. The number of benzene rings is 1. The van der Waals surface area contributed by atoms with Crippen molar-refractivity contribution in [3.63, 3.8) is 0 Å². The second-order valence-corrected chi connectivity index (χ2v) is 3.23. The Hall–Kier alpha value is -1.22. The minimum absolute atomic E-state index is 0.144. The van der Waals surface area contributed by atoms with Crippen molar-refractivity contribution >= 4 is 17.6 Å². The summed E-state index contributed by atoms with van der Waals surface area (Å²) in [4.78, 5) is 10.4. The average molecular weight is 201 g/mol. The lowest BCUT2D eigenvalue weighted by Gasteiger charge is -2.04. The molecule has 70 valence electrons. The van der Waals surface area contributed by atoms with Crippen molar-refractivity contribution in [2.45, 2.75) is 13.3 Å². The molecule has 0 bridgehead atoms. The summed E-state index contributed by atoms with van der Waals surface area (Å²) < 4.78 is 0. The zero-order valence-electron chi connectivity index (χ0n) is 7.04. The van der Waals surface area contributed by atoms with E-state index in [-0.39, 0.29) is 17.2 Å². The van der Waals surface area contributed by atoms with Crippen LogP contribution < -0.4 is 0 Å². The summed E-state index contributed by atoms with van der Waals surface area (Å²) >= 11 is 5.66. The lowest BCUT2D eigenvalue weighted by atomic mass is 10.1. The largest absolute Gasteiger partial charge is 0.506 e. The molecule has 3 nitrogen and oxygen atoms in total. The number of phenolic OH excluding ortho intramolecular Hbond substituents is 1. The molecule has 0 saturated heterocycles. The molecule has 0 fully saturated rings. The average Bonchev–Trinajstić information content (AvgIpc) is 1.98. The Morgan fingerprint density at radius 1 is 1.54 bits per heavy atom. The smallest absolute Gasteiger partial charge is 0.307 e. The SMILES string of the molecule is Cc1cc(Cl)c(O)c(CC(=O)O)c1. The van der Waals surface area contributed by atoms with Crippen LogP contribution in [0, 0.1) is 6.92 Å². The molecule has 0 amide bonds. The maximum absolute atomic E-state index is 10.4. The molecule has 0 unspecified atom stereocenters. The highest BCUT2D eigenvalue weighted by Gasteiger charge is 2.09. The Bertz CT molecular complexity index is 347. The highest BCUT2D eigenvalue weighted by molar-refractivity contribution is 6.32. The number of aliphatic carboxylic acids is 1. The van der Waals surface area contributed by atoms with Gasteiger partial charge < -0.3 is 10.2 Å². The summed E-state index contributed by atoms with van der Waals surface area (Å²) in [7, 11) is 0. The number of rotatable bonds is 2. The minimum Gasteiger partial charge on any atom is -0.506 e. The molecule has 1 rings (SSSR count). The van der Waals surface area contributed by atoms with E-state index >= 15 is 0 Å². The molecular formula is C9H9ClO3. The third-order valence-corrected chi connectivity index (χ3v) is 1.92. The number of carbonyl (C=O) groups is 1. The Morgan fingerprint density at radius 3 is 2.69 bits per heavy atom. The number of halogens is 1. The maximum atomic E-state index is 10.4. The van der Waals surface area contributed by atoms with Crippen molar-refractivity contribution in [3.8, 4) is 5.75 Å². The quantitative estimate of drug-likeness (QED) is 0.768. The normalized spacial score (nSPS) is 10.0. The maximum Gasteiger partial charge on any atom is 0.307 e. The van der Waals surface area contributed by atoms with E-state index in [2.05, 4.69) is 0 Å². The molecule has 13 heavy (non-hydrogen) atoms. The van der Waals surface area contributed by atoms with Gasteiger partial charge in [-0.15, -0.1) is 0 Å². The van der Waals surface area contributed by atoms with Gasteiger partial charge in [0.1, 0.15) is 5.75 Å². The Kier molecular flexibility index (Phi) is 2.78. The fraction of sp³-hybridized carbons (Fsp3) is 0.222. The second kappa shape index (κ2) is 3.66. The first-order valence-corrected chi connectivity index (χ1v) is 4.08. The molecule has 0 aromatic heterocycles. The first kappa shape index (κ1) is 9.86. The predicted octanol–water partition coefficient (Wildman–Crippen LogP) is 1.98. The second-order valence-electron chi connectivity index (χ2n) is 2.82. The van der Waals surface area contributed by atoms with Crippen LogP contribution in [0.15, 0.2) is 12.1 Å². The summed E-state index contributed by atoms with van der Waals surface area (Å²) in [5.74, 6) is -1.13. The molecule has 2 N–H and O–H groups in total. The molecule has 1 aromatic carbocycles. The van der Waals surface area contributed by atoms with Crippen molar-refractivity contribution < 1.29 is 15.0 Å². The van der Waals surface area contributed by atoms with Crippen LogP contribution in [0.5, 0.6) is 5.75 Å². The molecule has 0 aliphatic carbocycles. The van der Waals surface area contributed by atoms with Gasteiger partial charge in [-0.1, -0.05) is 17.7 Å². The van der Waals surface area contributed by atoms with Crippen LogP contribution in [-0.2, 0) is 11.2 Å². The molecule has 0 spiro atoms. The third-order valence-electron chi connectivity index (χ3n) is 1.63. The number of aryl methyl sites for hydroxylation is 1. The van der Waals surface area contributed by atoms with Gasteiger partial charge in [-0.3, -0.25) is 4.79 Å². The highest BCUT2D eigenvalue weighted by Crippen LogP contribution is 2.29. The molecular weight excluding hydrogens is 192 g/mol. The van der Waals surface area contributed by atoms with Crippen LogP contribution in [-0.4, -0.2) is 16.2 Å². The van der Waals surface area contributed by atoms with Crippen molar-refractivity contribution in [1.29, 1.82) is 0 Å². The zero-order chi connectivity index (χ0) is 10.0. The lowest BCUT2D eigenvalue weighted by molar-refractivity contribution is -0.136. The summed E-state index contributed by atoms with van der Waals surface area (Å²) in [5, 5.41) is 18.1. The molecule has 0 heterocycles. The lowest BCUT2D eigenvalue weighted by Crippen LogP contribution is -2.00. The number of hydrogen-bond donors (Lipinski definition) is 2. The molecule has 0 saturated carbocycles. The van der Waals surface area contributed by atoms with Gasteiger partial charge in [0, 0.05) is 5.56 Å².